The summed E-state index contributed by atoms with van der Waals surface area (Å²) >= 11 is 0. The molecule has 0 saturated carbocycles. The average molecular weight is 210 g/mol. The second-order valence-corrected chi connectivity index (χ2v) is 3.01. The topological polar surface area (TPSA) is 55.8 Å². The van der Waals surface area contributed by atoms with Crippen LogP contribution in [0.5, 0.6) is 5.75 Å². The van der Waals surface area contributed by atoms with E-state index in [0.29, 0.717) is 6.61 Å². The number of rotatable bonds is 6. The van der Waals surface area contributed by atoms with E-state index in [0.717, 1.165) is 11.3 Å². The van der Waals surface area contributed by atoms with Gasteiger partial charge in [-0.3, -0.25) is 4.79 Å². The smallest absolute Gasteiger partial charge is 0.305 e. The van der Waals surface area contributed by atoms with Crippen LogP contribution >= 0.6 is 0 Å². The maximum atomic E-state index is 10.2. The minimum absolute atomic E-state index is 0.0230. The summed E-state index contributed by atoms with van der Waals surface area (Å²) in [7, 11) is 1.59. The Labute approximate surface area is 88.4 Å². The summed E-state index contributed by atoms with van der Waals surface area (Å²) in [6.07, 6.45) is 0.0230. The van der Waals surface area contributed by atoms with Crippen LogP contribution in [0.25, 0.3) is 0 Å². The molecular formula is C11H14O4. The molecule has 0 saturated heterocycles. The summed E-state index contributed by atoms with van der Waals surface area (Å²) in [6.45, 7) is 0.588. The molecule has 0 aliphatic carbocycles. The molecule has 4 nitrogen and oxygen atoms in total. The predicted octanol–water partition coefficient (Wildman–Crippen LogP) is 1.69. The third-order valence-electron chi connectivity index (χ3n) is 1.91. The summed E-state index contributed by atoms with van der Waals surface area (Å²) in [5.41, 5.74) is 0.922. The molecule has 4 heteroatoms. The van der Waals surface area contributed by atoms with Crippen molar-refractivity contribution in [3.8, 4) is 5.75 Å². The van der Waals surface area contributed by atoms with Gasteiger partial charge in [-0.25, -0.2) is 0 Å². The minimum atomic E-state index is -0.852. The van der Waals surface area contributed by atoms with Crippen molar-refractivity contribution in [1.29, 1.82) is 0 Å². The average Bonchev–Trinajstić information content (AvgIpc) is 2.24. The second-order valence-electron chi connectivity index (χ2n) is 3.01. The molecule has 0 fully saturated rings. The number of ether oxygens (including phenoxy) is 2. The first-order chi connectivity index (χ1) is 7.24. The van der Waals surface area contributed by atoms with Crippen molar-refractivity contribution >= 4 is 5.97 Å². The Hall–Kier alpha value is -1.55. The lowest BCUT2D eigenvalue weighted by atomic mass is 10.2. The molecular weight excluding hydrogens is 196 g/mol. The fourth-order valence-electron chi connectivity index (χ4n) is 1.16. The van der Waals surface area contributed by atoms with Crippen LogP contribution < -0.4 is 4.74 Å². The van der Waals surface area contributed by atoms with Gasteiger partial charge in [0.25, 0.3) is 0 Å². The molecule has 15 heavy (non-hydrogen) atoms. The fourth-order valence-corrected chi connectivity index (χ4v) is 1.16. The van der Waals surface area contributed by atoms with Crippen LogP contribution in [0, 0.1) is 0 Å². The lowest BCUT2D eigenvalue weighted by molar-refractivity contribution is -0.138. The number of carboxylic acids is 1. The molecule has 1 rings (SSSR count). The molecule has 1 aromatic carbocycles. The molecule has 0 atom stereocenters. The number of aliphatic carboxylic acids is 1. The second kappa shape index (κ2) is 6.03. The molecule has 0 aromatic heterocycles. The predicted molar refractivity (Wildman–Crippen MR) is 54.9 cm³/mol. The normalized spacial score (nSPS) is 9.93. The van der Waals surface area contributed by atoms with E-state index in [1.165, 1.54) is 0 Å². The molecule has 0 aliphatic heterocycles. The summed E-state index contributed by atoms with van der Waals surface area (Å²) in [6, 6.07) is 7.49. The van der Waals surface area contributed by atoms with E-state index in [1.807, 2.05) is 24.3 Å². The number of hydrogen-bond donors (Lipinski definition) is 1. The highest BCUT2D eigenvalue weighted by atomic mass is 16.5. The molecule has 0 radical (unpaired) electrons. The van der Waals surface area contributed by atoms with Crippen LogP contribution in [0.4, 0.5) is 0 Å². The first-order valence-electron chi connectivity index (χ1n) is 4.65. The van der Waals surface area contributed by atoms with Crippen LogP contribution in [0.15, 0.2) is 24.3 Å². The van der Waals surface area contributed by atoms with E-state index in [4.69, 9.17) is 14.6 Å². The maximum Gasteiger partial charge on any atom is 0.305 e. The lowest BCUT2D eigenvalue weighted by Crippen LogP contribution is -2.03. The molecule has 0 heterocycles. The maximum absolute atomic E-state index is 10.2. The number of hydrogen-bond acceptors (Lipinski definition) is 3. The van der Waals surface area contributed by atoms with Crippen molar-refractivity contribution < 1.29 is 19.4 Å². The van der Waals surface area contributed by atoms with Crippen LogP contribution in [-0.2, 0) is 16.1 Å². The Morgan fingerprint density at radius 3 is 2.80 bits per heavy atom. The first kappa shape index (κ1) is 11.5. The van der Waals surface area contributed by atoms with Gasteiger partial charge in [-0.2, -0.15) is 0 Å². The molecule has 0 unspecified atom stereocenters. The van der Waals surface area contributed by atoms with Gasteiger partial charge in [0.05, 0.1) is 26.7 Å². The largest absolute Gasteiger partial charge is 0.496 e. The zero-order valence-electron chi connectivity index (χ0n) is 8.60. The number of methoxy groups -OCH3 is 1. The third kappa shape index (κ3) is 3.99. The quantitative estimate of drug-likeness (QED) is 0.726. The molecule has 0 aliphatic rings. The van der Waals surface area contributed by atoms with Crippen LogP contribution in [0.3, 0.4) is 0 Å². The fraction of sp³-hybridized carbons (Fsp3) is 0.364. The van der Waals surface area contributed by atoms with Crippen molar-refractivity contribution in [2.75, 3.05) is 13.7 Å². The van der Waals surface area contributed by atoms with E-state index in [-0.39, 0.29) is 13.0 Å². The van der Waals surface area contributed by atoms with Crippen molar-refractivity contribution in [2.24, 2.45) is 0 Å². The van der Waals surface area contributed by atoms with Crippen LogP contribution in [-0.4, -0.2) is 24.8 Å². The Balaban J connectivity index is 2.39. The van der Waals surface area contributed by atoms with Crippen LogP contribution in [0.1, 0.15) is 12.0 Å². The Bertz CT molecular complexity index is 322. The van der Waals surface area contributed by atoms with Crippen molar-refractivity contribution in [3.63, 3.8) is 0 Å². The minimum Gasteiger partial charge on any atom is -0.496 e. The van der Waals surface area contributed by atoms with Gasteiger partial charge in [0.2, 0.25) is 0 Å². The van der Waals surface area contributed by atoms with E-state index in [1.54, 1.807) is 7.11 Å². The zero-order valence-corrected chi connectivity index (χ0v) is 8.60. The zero-order chi connectivity index (χ0) is 11.1. The van der Waals surface area contributed by atoms with Gasteiger partial charge in [-0.15, -0.1) is 0 Å². The standard InChI is InChI=1S/C11H14O4/c1-14-10-5-3-2-4-9(10)8-15-7-6-11(12)13/h2-5H,6-8H2,1H3,(H,12,13). The van der Waals surface area contributed by atoms with Gasteiger partial charge < -0.3 is 14.6 Å². The monoisotopic (exact) mass is 210 g/mol. The van der Waals surface area contributed by atoms with Gasteiger partial charge in [0, 0.05) is 5.56 Å². The molecule has 1 aromatic rings. The van der Waals surface area contributed by atoms with Gasteiger partial charge in [-0.05, 0) is 6.07 Å². The Morgan fingerprint density at radius 2 is 2.13 bits per heavy atom. The summed E-state index contributed by atoms with van der Waals surface area (Å²) in [5.74, 6) is -0.0946. The highest BCUT2D eigenvalue weighted by Gasteiger charge is 2.02. The van der Waals surface area contributed by atoms with E-state index < -0.39 is 5.97 Å². The van der Waals surface area contributed by atoms with Gasteiger partial charge in [-0.1, -0.05) is 18.2 Å². The lowest BCUT2D eigenvalue weighted by Gasteiger charge is -2.07. The number of carbonyl (C=O) groups is 1. The molecule has 0 amide bonds. The van der Waals surface area contributed by atoms with Gasteiger partial charge >= 0.3 is 5.97 Å². The van der Waals surface area contributed by atoms with E-state index >= 15 is 0 Å². The van der Waals surface area contributed by atoms with E-state index in [2.05, 4.69) is 0 Å². The third-order valence-corrected chi connectivity index (χ3v) is 1.91. The number of para-hydroxylation sites is 1. The van der Waals surface area contributed by atoms with Gasteiger partial charge in [0.15, 0.2) is 0 Å². The van der Waals surface area contributed by atoms with Crippen molar-refractivity contribution in [3.05, 3.63) is 29.8 Å². The molecule has 1 N–H and O–H groups in total. The van der Waals surface area contributed by atoms with E-state index in [9.17, 15) is 4.79 Å². The highest BCUT2D eigenvalue weighted by molar-refractivity contribution is 5.66. The Kier molecular flexibility index (Phi) is 4.63. The number of carboxylic acid groups (broad SMARTS) is 1. The van der Waals surface area contributed by atoms with Crippen LogP contribution in [0.2, 0.25) is 0 Å². The molecule has 82 valence electrons. The summed E-state index contributed by atoms with van der Waals surface area (Å²) in [4.78, 5) is 10.2. The molecule has 0 bridgehead atoms. The SMILES string of the molecule is COc1ccccc1COCCC(=O)O. The first-order valence-corrected chi connectivity index (χ1v) is 4.65. The van der Waals surface area contributed by atoms with Gasteiger partial charge in [0.1, 0.15) is 5.75 Å². The number of benzene rings is 1. The van der Waals surface area contributed by atoms with Crippen molar-refractivity contribution in [2.45, 2.75) is 13.0 Å². The highest BCUT2D eigenvalue weighted by Crippen LogP contribution is 2.17. The molecule has 0 spiro atoms. The van der Waals surface area contributed by atoms with Crippen molar-refractivity contribution in [1.82, 2.24) is 0 Å². The summed E-state index contributed by atoms with van der Waals surface area (Å²) in [5, 5.41) is 8.41. The Morgan fingerprint density at radius 1 is 1.40 bits per heavy atom. The summed E-state index contributed by atoms with van der Waals surface area (Å²) < 4.78 is 10.3.